The largest absolute Gasteiger partial charge is 0.373 e. The number of carbonyl (C=O) groups excluding carboxylic acids is 1. The Labute approximate surface area is 145 Å². The van der Waals surface area contributed by atoms with Gasteiger partial charge in [0.15, 0.2) is 0 Å². The molecular formula is C18H30N4O2. The zero-order chi connectivity index (χ0) is 17.4. The highest BCUT2D eigenvalue weighted by Crippen LogP contribution is 2.15. The smallest absolute Gasteiger partial charge is 0.317 e. The van der Waals surface area contributed by atoms with Crippen molar-refractivity contribution in [2.75, 3.05) is 33.7 Å². The molecule has 0 spiro atoms. The van der Waals surface area contributed by atoms with Crippen LogP contribution in [0.3, 0.4) is 0 Å². The van der Waals surface area contributed by atoms with Crippen molar-refractivity contribution in [2.24, 2.45) is 0 Å². The third-order valence-electron chi connectivity index (χ3n) is 4.63. The summed E-state index contributed by atoms with van der Waals surface area (Å²) in [5.41, 5.74) is 1.09. The maximum absolute atomic E-state index is 12.3. The number of piperidine rings is 1. The molecule has 0 bridgehead atoms. The molecule has 1 N–H and O–H groups in total. The molecule has 0 aliphatic carbocycles. The minimum absolute atomic E-state index is 0.0426. The fraction of sp³-hybridized carbons (Fsp3) is 0.667. The van der Waals surface area contributed by atoms with Crippen LogP contribution < -0.4 is 5.32 Å². The predicted molar refractivity (Wildman–Crippen MR) is 94.8 cm³/mol. The van der Waals surface area contributed by atoms with Gasteiger partial charge in [0.05, 0.1) is 12.7 Å². The molecule has 1 aromatic heterocycles. The standard InChI is InChI=1S/C18H30N4O2/c1-4-16(21(2)3)13-20-18(23)22-10-7-17(8-11-22)24-14-15-6-5-9-19-12-15/h5-6,9,12,16-17H,4,7-8,10-11,13-14H2,1-3H3,(H,20,23). The lowest BCUT2D eigenvalue weighted by Gasteiger charge is -2.33. The molecule has 6 heteroatoms. The molecule has 1 aliphatic rings. The van der Waals surface area contributed by atoms with Gasteiger partial charge in [-0.3, -0.25) is 4.98 Å². The summed E-state index contributed by atoms with van der Waals surface area (Å²) in [6, 6.07) is 4.36. The van der Waals surface area contributed by atoms with Crippen molar-refractivity contribution in [3.8, 4) is 0 Å². The Balaban J connectivity index is 1.67. The summed E-state index contributed by atoms with van der Waals surface area (Å²) in [5.74, 6) is 0. The zero-order valence-corrected chi connectivity index (χ0v) is 15.1. The number of rotatable bonds is 7. The van der Waals surface area contributed by atoms with Crippen molar-refractivity contribution in [3.63, 3.8) is 0 Å². The second-order valence-corrected chi connectivity index (χ2v) is 6.57. The molecular weight excluding hydrogens is 304 g/mol. The van der Waals surface area contributed by atoms with E-state index < -0.39 is 0 Å². The van der Waals surface area contributed by atoms with Gasteiger partial charge in [-0.1, -0.05) is 13.0 Å². The minimum atomic E-state index is 0.0426. The highest BCUT2D eigenvalue weighted by molar-refractivity contribution is 5.74. The number of hydrogen-bond acceptors (Lipinski definition) is 4. The average Bonchev–Trinajstić information content (AvgIpc) is 2.61. The summed E-state index contributed by atoms with van der Waals surface area (Å²) in [4.78, 5) is 20.4. The van der Waals surface area contributed by atoms with Crippen molar-refractivity contribution in [1.29, 1.82) is 0 Å². The van der Waals surface area contributed by atoms with E-state index in [1.165, 1.54) is 0 Å². The maximum Gasteiger partial charge on any atom is 0.317 e. The molecule has 1 fully saturated rings. The quantitative estimate of drug-likeness (QED) is 0.830. The highest BCUT2D eigenvalue weighted by atomic mass is 16.5. The van der Waals surface area contributed by atoms with Crippen molar-refractivity contribution in [2.45, 2.75) is 44.9 Å². The Morgan fingerprint density at radius 3 is 2.79 bits per heavy atom. The molecule has 0 radical (unpaired) electrons. The summed E-state index contributed by atoms with van der Waals surface area (Å²) < 4.78 is 5.94. The summed E-state index contributed by atoms with van der Waals surface area (Å²) in [6.07, 6.45) is 6.62. The first-order valence-electron chi connectivity index (χ1n) is 8.79. The van der Waals surface area contributed by atoms with E-state index >= 15 is 0 Å². The second-order valence-electron chi connectivity index (χ2n) is 6.57. The molecule has 1 unspecified atom stereocenters. The van der Waals surface area contributed by atoms with E-state index in [0.717, 1.165) is 37.9 Å². The fourth-order valence-corrected chi connectivity index (χ4v) is 2.93. The molecule has 1 saturated heterocycles. The molecule has 24 heavy (non-hydrogen) atoms. The first-order valence-corrected chi connectivity index (χ1v) is 8.79. The van der Waals surface area contributed by atoms with Crippen molar-refractivity contribution >= 4 is 6.03 Å². The lowest BCUT2D eigenvalue weighted by atomic mass is 10.1. The van der Waals surface area contributed by atoms with Crippen LogP contribution in [0.4, 0.5) is 4.79 Å². The van der Waals surface area contributed by atoms with Gasteiger partial charge in [0, 0.05) is 38.1 Å². The van der Waals surface area contributed by atoms with Gasteiger partial charge in [-0.15, -0.1) is 0 Å². The van der Waals surface area contributed by atoms with Crippen LogP contribution in [-0.4, -0.2) is 66.7 Å². The maximum atomic E-state index is 12.3. The van der Waals surface area contributed by atoms with Gasteiger partial charge in [0.1, 0.15) is 0 Å². The van der Waals surface area contributed by atoms with Gasteiger partial charge in [0.2, 0.25) is 0 Å². The Morgan fingerprint density at radius 1 is 1.46 bits per heavy atom. The first kappa shape index (κ1) is 18.7. The van der Waals surface area contributed by atoms with Gasteiger partial charge in [-0.05, 0) is 45.0 Å². The first-order chi connectivity index (χ1) is 11.6. The number of ether oxygens (including phenoxy) is 1. The normalized spacial score (nSPS) is 17.1. The minimum Gasteiger partial charge on any atom is -0.373 e. The molecule has 134 valence electrons. The topological polar surface area (TPSA) is 57.7 Å². The van der Waals surface area contributed by atoms with Gasteiger partial charge in [-0.25, -0.2) is 4.79 Å². The van der Waals surface area contributed by atoms with E-state index in [0.29, 0.717) is 19.2 Å². The Bertz CT molecular complexity index is 487. The lowest BCUT2D eigenvalue weighted by molar-refractivity contribution is 0.00428. The molecule has 6 nitrogen and oxygen atoms in total. The zero-order valence-electron chi connectivity index (χ0n) is 15.1. The van der Waals surface area contributed by atoms with Crippen LogP contribution in [0.25, 0.3) is 0 Å². The van der Waals surface area contributed by atoms with Crippen LogP contribution in [0, 0.1) is 0 Å². The van der Waals surface area contributed by atoms with Gasteiger partial charge >= 0.3 is 6.03 Å². The van der Waals surface area contributed by atoms with Gasteiger partial charge in [0.25, 0.3) is 0 Å². The van der Waals surface area contributed by atoms with Crippen molar-refractivity contribution in [3.05, 3.63) is 30.1 Å². The molecule has 1 atom stereocenters. The predicted octanol–water partition coefficient (Wildman–Crippen LogP) is 2.11. The van der Waals surface area contributed by atoms with Crippen LogP contribution in [0.2, 0.25) is 0 Å². The number of nitrogens with one attached hydrogen (secondary N) is 1. The number of nitrogens with zero attached hydrogens (tertiary/aromatic N) is 3. The highest BCUT2D eigenvalue weighted by Gasteiger charge is 2.23. The van der Waals surface area contributed by atoms with Crippen LogP contribution in [0.1, 0.15) is 31.7 Å². The number of carbonyl (C=O) groups is 1. The SMILES string of the molecule is CCC(CNC(=O)N1CCC(OCc2cccnc2)CC1)N(C)C. The molecule has 0 saturated carbocycles. The van der Waals surface area contributed by atoms with E-state index in [2.05, 4.69) is 22.1 Å². The van der Waals surface area contributed by atoms with Crippen LogP contribution in [0.15, 0.2) is 24.5 Å². The number of likely N-dealkylation sites (tertiary alicyclic amines) is 1. The Kier molecular flexibility index (Phi) is 7.46. The molecule has 2 heterocycles. The molecule has 2 amide bonds. The van der Waals surface area contributed by atoms with Gasteiger partial charge < -0.3 is 19.9 Å². The summed E-state index contributed by atoms with van der Waals surface area (Å²) in [7, 11) is 4.09. The third-order valence-corrected chi connectivity index (χ3v) is 4.63. The van der Waals surface area contributed by atoms with E-state index in [1.807, 2.05) is 37.3 Å². The fourth-order valence-electron chi connectivity index (χ4n) is 2.93. The monoisotopic (exact) mass is 334 g/mol. The lowest BCUT2D eigenvalue weighted by Crippen LogP contribution is -2.49. The molecule has 2 rings (SSSR count). The number of likely N-dealkylation sites (N-methyl/N-ethyl adjacent to an activating group) is 1. The van der Waals surface area contributed by atoms with E-state index in [-0.39, 0.29) is 12.1 Å². The summed E-state index contributed by atoms with van der Waals surface area (Å²) >= 11 is 0. The summed E-state index contributed by atoms with van der Waals surface area (Å²) in [5, 5.41) is 3.05. The van der Waals surface area contributed by atoms with Gasteiger partial charge in [-0.2, -0.15) is 0 Å². The van der Waals surface area contributed by atoms with Crippen LogP contribution in [-0.2, 0) is 11.3 Å². The second kappa shape index (κ2) is 9.59. The molecule has 1 aromatic rings. The number of amides is 2. The third kappa shape index (κ3) is 5.76. The number of urea groups is 1. The number of aromatic nitrogens is 1. The summed E-state index contributed by atoms with van der Waals surface area (Å²) in [6.45, 7) is 4.93. The van der Waals surface area contributed by atoms with Crippen molar-refractivity contribution < 1.29 is 9.53 Å². The molecule has 0 aromatic carbocycles. The van der Waals surface area contributed by atoms with E-state index in [1.54, 1.807) is 6.20 Å². The van der Waals surface area contributed by atoms with Crippen LogP contribution >= 0.6 is 0 Å². The Morgan fingerprint density at radius 2 is 2.21 bits per heavy atom. The van der Waals surface area contributed by atoms with Crippen LogP contribution in [0.5, 0.6) is 0 Å². The Hall–Kier alpha value is -1.66. The van der Waals surface area contributed by atoms with E-state index in [4.69, 9.17) is 4.74 Å². The number of pyridine rings is 1. The van der Waals surface area contributed by atoms with E-state index in [9.17, 15) is 4.79 Å². The number of hydrogen-bond donors (Lipinski definition) is 1. The average molecular weight is 334 g/mol. The van der Waals surface area contributed by atoms with Crippen molar-refractivity contribution in [1.82, 2.24) is 20.1 Å². The molecule has 1 aliphatic heterocycles.